The zero-order chi connectivity index (χ0) is 30.1. The van der Waals surface area contributed by atoms with E-state index in [0.29, 0.717) is 34.0 Å². The van der Waals surface area contributed by atoms with E-state index >= 15 is 0 Å². The van der Waals surface area contributed by atoms with Gasteiger partial charge in [-0.05, 0) is 60.9 Å². The van der Waals surface area contributed by atoms with Gasteiger partial charge >= 0.3 is 12.1 Å². The molecule has 1 N–H and O–H groups in total. The summed E-state index contributed by atoms with van der Waals surface area (Å²) in [7, 11) is 0. The molecule has 2 fully saturated rings. The van der Waals surface area contributed by atoms with Gasteiger partial charge in [0.15, 0.2) is 5.69 Å². The summed E-state index contributed by atoms with van der Waals surface area (Å²) >= 11 is 0. The Labute approximate surface area is 245 Å². The molecule has 0 atom stereocenters. The van der Waals surface area contributed by atoms with E-state index in [-0.39, 0.29) is 18.2 Å². The molecule has 1 aliphatic heterocycles. The Bertz CT molecular complexity index is 1640. The minimum absolute atomic E-state index is 0.253. The summed E-state index contributed by atoms with van der Waals surface area (Å²) < 4.78 is 47.7. The van der Waals surface area contributed by atoms with Crippen molar-refractivity contribution in [1.29, 1.82) is 0 Å². The molecule has 2 aromatic carbocycles. The van der Waals surface area contributed by atoms with Crippen LogP contribution in [-0.2, 0) is 17.6 Å². The molecule has 1 saturated heterocycles. The zero-order valence-electron chi connectivity index (χ0n) is 23.0. The van der Waals surface area contributed by atoms with Crippen LogP contribution in [0.1, 0.15) is 58.8 Å². The van der Waals surface area contributed by atoms with Crippen LogP contribution in [0.25, 0.3) is 17.2 Å². The second-order valence-electron chi connectivity index (χ2n) is 10.8. The van der Waals surface area contributed by atoms with Crippen molar-refractivity contribution in [2.45, 2.75) is 44.4 Å². The van der Waals surface area contributed by atoms with Crippen LogP contribution in [0, 0.1) is 5.92 Å². The van der Waals surface area contributed by atoms with Crippen LogP contribution in [0.2, 0.25) is 0 Å². The SMILES string of the molecule is O=C(O)c1cnn(-c2nccc(-c3ccccc3OCc3ccc(C4CCN(C(=O)C5CC5)CC4)cc3)n2)c1C(F)(F)F. The number of carboxylic acid groups (broad SMARTS) is 1. The van der Waals surface area contributed by atoms with Gasteiger partial charge in [0, 0.05) is 30.8 Å². The number of carboxylic acids is 1. The Balaban J connectivity index is 1.15. The lowest BCUT2D eigenvalue weighted by molar-refractivity contribution is -0.143. The maximum absolute atomic E-state index is 13.7. The number of likely N-dealkylation sites (tertiary alicyclic amines) is 1. The smallest absolute Gasteiger partial charge is 0.434 e. The van der Waals surface area contributed by atoms with Crippen LogP contribution in [0.3, 0.4) is 0 Å². The molecule has 1 aliphatic carbocycles. The maximum Gasteiger partial charge on any atom is 0.434 e. The lowest BCUT2D eigenvalue weighted by atomic mass is 9.89. The van der Waals surface area contributed by atoms with Crippen molar-refractivity contribution < 1.29 is 32.6 Å². The topological polar surface area (TPSA) is 110 Å². The average molecular weight is 592 g/mol. The number of hydrogen-bond donors (Lipinski definition) is 1. The molecular weight excluding hydrogens is 563 g/mol. The largest absolute Gasteiger partial charge is 0.488 e. The lowest BCUT2D eigenvalue weighted by Gasteiger charge is -2.32. The molecule has 1 amide bonds. The molecule has 0 spiro atoms. The van der Waals surface area contributed by atoms with Gasteiger partial charge in [0.25, 0.3) is 5.95 Å². The normalized spacial score (nSPS) is 15.8. The van der Waals surface area contributed by atoms with Crippen molar-refractivity contribution in [3.63, 3.8) is 0 Å². The Kier molecular flexibility index (Phi) is 7.59. The van der Waals surface area contributed by atoms with E-state index in [2.05, 4.69) is 27.2 Å². The van der Waals surface area contributed by atoms with Crippen molar-refractivity contribution >= 4 is 11.9 Å². The molecule has 4 aromatic rings. The highest BCUT2D eigenvalue weighted by Gasteiger charge is 2.41. The number of aromatic carboxylic acids is 1. The molecule has 9 nitrogen and oxygen atoms in total. The van der Waals surface area contributed by atoms with Crippen molar-refractivity contribution in [2.24, 2.45) is 5.92 Å². The third-order valence-corrected chi connectivity index (χ3v) is 7.84. The Morgan fingerprint density at radius 1 is 0.977 bits per heavy atom. The van der Waals surface area contributed by atoms with Crippen molar-refractivity contribution in [3.05, 3.63) is 89.4 Å². The predicted molar refractivity (Wildman–Crippen MR) is 149 cm³/mol. The van der Waals surface area contributed by atoms with Crippen LogP contribution < -0.4 is 4.74 Å². The van der Waals surface area contributed by atoms with Gasteiger partial charge in [-0.25, -0.2) is 14.8 Å². The first-order valence-electron chi connectivity index (χ1n) is 14.0. The minimum Gasteiger partial charge on any atom is -0.488 e. The summed E-state index contributed by atoms with van der Waals surface area (Å²) in [6.07, 6.45) is 0.857. The molecule has 222 valence electrons. The molecule has 2 aliphatic rings. The van der Waals surface area contributed by atoms with Crippen molar-refractivity contribution in [1.82, 2.24) is 24.6 Å². The first kappa shape index (κ1) is 28.4. The van der Waals surface area contributed by atoms with Crippen LogP contribution in [-0.4, -0.2) is 54.7 Å². The van der Waals surface area contributed by atoms with E-state index in [1.54, 1.807) is 24.3 Å². The number of carbonyl (C=O) groups is 2. The third kappa shape index (κ3) is 6.08. The van der Waals surface area contributed by atoms with E-state index in [0.717, 1.165) is 44.3 Å². The number of amides is 1. The number of nitrogens with zero attached hydrogens (tertiary/aromatic N) is 5. The van der Waals surface area contributed by atoms with Crippen LogP contribution in [0.15, 0.2) is 67.0 Å². The molecule has 12 heteroatoms. The van der Waals surface area contributed by atoms with Gasteiger partial charge in [-0.15, -0.1) is 0 Å². The highest BCUT2D eigenvalue weighted by molar-refractivity contribution is 5.89. The first-order valence-corrected chi connectivity index (χ1v) is 14.0. The van der Waals surface area contributed by atoms with E-state index in [4.69, 9.17) is 4.74 Å². The summed E-state index contributed by atoms with van der Waals surface area (Å²) in [5, 5.41) is 12.8. The van der Waals surface area contributed by atoms with Gasteiger partial charge in [-0.3, -0.25) is 4.79 Å². The van der Waals surface area contributed by atoms with Gasteiger partial charge < -0.3 is 14.7 Å². The summed E-state index contributed by atoms with van der Waals surface area (Å²) in [4.78, 5) is 33.9. The Hall–Kier alpha value is -4.74. The molecule has 1 saturated carbocycles. The number of piperidine rings is 1. The zero-order valence-corrected chi connectivity index (χ0v) is 23.0. The fourth-order valence-electron chi connectivity index (χ4n) is 5.40. The van der Waals surface area contributed by atoms with Gasteiger partial charge in [-0.2, -0.15) is 23.0 Å². The van der Waals surface area contributed by atoms with Crippen LogP contribution >= 0.6 is 0 Å². The monoisotopic (exact) mass is 591 g/mol. The molecule has 0 bridgehead atoms. The summed E-state index contributed by atoms with van der Waals surface area (Å²) in [6.45, 7) is 1.85. The van der Waals surface area contributed by atoms with Crippen LogP contribution in [0.4, 0.5) is 13.2 Å². The minimum atomic E-state index is -4.99. The van der Waals surface area contributed by atoms with Gasteiger partial charge in [0.1, 0.15) is 17.9 Å². The van der Waals surface area contributed by atoms with Gasteiger partial charge in [0.05, 0.1) is 11.9 Å². The number of para-hydroxylation sites is 1. The Morgan fingerprint density at radius 3 is 2.37 bits per heavy atom. The molecular formula is C31H28F3N5O4. The van der Waals surface area contributed by atoms with Crippen molar-refractivity contribution in [2.75, 3.05) is 13.1 Å². The summed E-state index contributed by atoms with van der Waals surface area (Å²) in [5.74, 6) is -0.748. The third-order valence-electron chi connectivity index (χ3n) is 7.84. The van der Waals surface area contributed by atoms with Crippen LogP contribution in [0.5, 0.6) is 5.75 Å². The molecule has 3 heterocycles. The molecule has 0 radical (unpaired) electrons. The molecule has 43 heavy (non-hydrogen) atoms. The highest BCUT2D eigenvalue weighted by atomic mass is 19.4. The number of halogens is 3. The number of carbonyl (C=O) groups excluding carboxylic acids is 1. The van der Waals surface area contributed by atoms with Crippen molar-refractivity contribution in [3.8, 4) is 23.0 Å². The highest BCUT2D eigenvalue weighted by Crippen LogP contribution is 2.36. The number of alkyl halides is 3. The standard InChI is InChI=1S/C31H28F3N5O4/c32-31(33,34)27-24(29(41)42)17-36-39(27)30-35-14-11-25(37-30)23-3-1-2-4-26(23)43-18-19-5-7-20(8-6-19)21-12-15-38(16-13-21)28(40)22-9-10-22/h1-8,11,14,17,21-22H,9-10,12-13,15-16,18H2,(H,41,42). The fourth-order valence-corrected chi connectivity index (χ4v) is 5.40. The predicted octanol–water partition coefficient (Wildman–Crippen LogP) is 5.74. The molecule has 2 aromatic heterocycles. The number of hydrogen-bond acceptors (Lipinski definition) is 6. The fraction of sp³-hybridized carbons (Fsp3) is 0.323. The number of benzene rings is 2. The number of aromatic nitrogens is 4. The summed E-state index contributed by atoms with van der Waals surface area (Å²) in [5.41, 5.74) is 0.514. The van der Waals surface area contributed by atoms with Gasteiger partial charge in [0.2, 0.25) is 5.91 Å². The molecule has 0 unspecified atom stereocenters. The number of ether oxygens (including phenoxy) is 1. The van der Waals surface area contributed by atoms with E-state index < -0.39 is 29.4 Å². The Morgan fingerprint density at radius 2 is 1.70 bits per heavy atom. The average Bonchev–Trinajstić information content (AvgIpc) is 3.76. The second-order valence-corrected chi connectivity index (χ2v) is 10.8. The summed E-state index contributed by atoms with van der Waals surface area (Å²) in [6, 6.07) is 16.7. The lowest BCUT2D eigenvalue weighted by Crippen LogP contribution is -2.38. The molecule has 6 rings (SSSR count). The van der Waals surface area contributed by atoms with E-state index in [9.17, 15) is 27.9 Å². The number of rotatable bonds is 8. The second kappa shape index (κ2) is 11.5. The first-order chi connectivity index (χ1) is 20.7. The van der Waals surface area contributed by atoms with E-state index in [1.807, 2.05) is 17.0 Å². The maximum atomic E-state index is 13.7. The van der Waals surface area contributed by atoms with Gasteiger partial charge in [-0.1, -0.05) is 36.4 Å². The quantitative estimate of drug-likeness (QED) is 0.278. The van der Waals surface area contributed by atoms with E-state index in [1.165, 1.54) is 17.8 Å².